The summed E-state index contributed by atoms with van der Waals surface area (Å²) in [6.07, 6.45) is 3.36. The molecule has 1 N–H and O–H groups in total. The summed E-state index contributed by atoms with van der Waals surface area (Å²) in [4.78, 5) is 10.6. The number of hydrogen-bond donors (Lipinski definition) is 1. The molecule has 0 radical (unpaired) electrons. The van der Waals surface area contributed by atoms with Crippen LogP contribution < -0.4 is 4.74 Å². The van der Waals surface area contributed by atoms with Crippen LogP contribution in [0.3, 0.4) is 0 Å². The minimum absolute atomic E-state index is 0.172. The Morgan fingerprint density at radius 1 is 1.24 bits per heavy atom. The summed E-state index contributed by atoms with van der Waals surface area (Å²) < 4.78 is 32.2. The first-order chi connectivity index (χ1) is 8.08. The lowest BCUT2D eigenvalue weighted by molar-refractivity contribution is 0.0695. The molecule has 1 aliphatic rings. The molecule has 1 fully saturated rings. The van der Waals surface area contributed by atoms with Crippen molar-refractivity contribution in [2.24, 2.45) is 0 Å². The lowest BCUT2D eigenvalue weighted by Crippen LogP contribution is -2.13. The number of carboxylic acid groups (broad SMARTS) is 1. The molecule has 1 aromatic rings. The molecule has 0 amide bonds. The van der Waals surface area contributed by atoms with Gasteiger partial charge >= 0.3 is 5.97 Å². The predicted molar refractivity (Wildman–Crippen MR) is 56.2 cm³/mol. The van der Waals surface area contributed by atoms with E-state index in [-0.39, 0.29) is 6.10 Å². The molecular formula is C12H12F2O3. The van der Waals surface area contributed by atoms with Crippen molar-refractivity contribution in [2.75, 3.05) is 0 Å². The van der Waals surface area contributed by atoms with E-state index in [2.05, 4.69) is 0 Å². The van der Waals surface area contributed by atoms with Gasteiger partial charge in [-0.05, 0) is 37.8 Å². The van der Waals surface area contributed by atoms with E-state index < -0.39 is 28.9 Å². The monoisotopic (exact) mass is 242 g/mol. The van der Waals surface area contributed by atoms with E-state index in [9.17, 15) is 13.6 Å². The highest BCUT2D eigenvalue weighted by Gasteiger charge is 2.22. The highest BCUT2D eigenvalue weighted by atomic mass is 19.1. The topological polar surface area (TPSA) is 46.5 Å². The van der Waals surface area contributed by atoms with Crippen LogP contribution in [0.4, 0.5) is 8.78 Å². The Bertz CT molecular complexity index is 416. The Labute approximate surface area is 97.0 Å². The van der Waals surface area contributed by atoms with Gasteiger partial charge in [0.2, 0.25) is 0 Å². The van der Waals surface area contributed by atoms with Crippen molar-refractivity contribution in [2.45, 2.75) is 31.8 Å². The van der Waals surface area contributed by atoms with Crippen molar-refractivity contribution in [1.82, 2.24) is 0 Å². The second kappa shape index (κ2) is 4.69. The van der Waals surface area contributed by atoms with Crippen LogP contribution in [0, 0.1) is 11.6 Å². The van der Waals surface area contributed by atoms with E-state index >= 15 is 0 Å². The number of carboxylic acids is 1. The standard InChI is InChI=1S/C12H12F2O3/c13-9-5-7(12(15)16)6-10(14)11(9)17-8-3-1-2-4-8/h5-6,8H,1-4H2,(H,15,16). The zero-order valence-corrected chi connectivity index (χ0v) is 9.08. The summed E-state index contributed by atoms with van der Waals surface area (Å²) in [5, 5.41) is 8.63. The predicted octanol–water partition coefficient (Wildman–Crippen LogP) is 2.98. The van der Waals surface area contributed by atoms with Gasteiger partial charge in [0.15, 0.2) is 17.4 Å². The maximum atomic E-state index is 13.5. The third-order valence-corrected chi connectivity index (χ3v) is 2.83. The largest absolute Gasteiger partial charge is 0.484 e. The number of carbonyl (C=O) groups is 1. The second-order valence-electron chi connectivity index (χ2n) is 4.10. The van der Waals surface area contributed by atoms with Gasteiger partial charge < -0.3 is 9.84 Å². The van der Waals surface area contributed by atoms with Gasteiger partial charge in [-0.1, -0.05) is 0 Å². The molecule has 17 heavy (non-hydrogen) atoms. The van der Waals surface area contributed by atoms with Gasteiger partial charge in [-0.25, -0.2) is 13.6 Å². The van der Waals surface area contributed by atoms with Gasteiger partial charge in [0.1, 0.15) is 0 Å². The Kier molecular flexibility index (Phi) is 3.26. The number of ether oxygens (including phenoxy) is 1. The highest BCUT2D eigenvalue weighted by molar-refractivity contribution is 5.87. The van der Waals surface area contributed by atoms with Gasteiger partial charge in [-0.2, -0.15) is 0 Å². The Morgan fingerprint density at radius 3 is 2.24 bits per heavy atom. The zero-order chi connectivity index (χ0) is 12.4. The fourth-order valence-electron chi connectivity index (χ4n) is 1.97. The van der Waals surface area contributed by atoms with E-state index in [4.69, 9.17) is 9.84 Å². The number of rotatable bonds is 3. The molecule has 3 nitrogen and oxygen atoms in total. The second-order valence-corrected chi connectivity index (χ2v) is 4.10. The summed E-state index contributed by atoms with van der Waals surface area (Å²) >= 11 is 0. The molecule has 1 aromatic carbocycles. The molecule has 2 rings (SSSR count). The van der Waals surface area contributed by atoms with Crippen molar-refractivity contribution in [3.05, 3.63) is 29.3 Å². The Hall–Kier alpha value is -1.65. The zero-order valence-electron chi connectivity index (χ0n) is 9.08. The van der Waals surface area contributed by atoms with E-state index in [1.54, 1.807) is 0 Å². The van der Waals surface area contributed by atoms with Crippen LogP contribution in [-0.4, -0.2) is 17.2 Å². The van der Waals surface area contributed by atoms with E-state index in [1.165, 1.54) is 0 Å². The third-order valence-electron chi connectivity index (χ3n) is 2.83. The van der Waals surface area contributed by atoms with Crippen LogP contribution in [0.15, 0.2) is 12.1 Å². The minimum atomic E-state index is -1.37. The third kappa shape index (κ3) is 2.54. The van der Waals surface area contributed by atoms with E-state index in [1.807, 2.05) is 0 Å². The number of hydrogen-bond acceptors (Lipinski definition) is 2. The molecule has 0 heterocycles. The van der Waals surface area contributed by atoms with Gasteiger partial charge in [-0.15, -0.1) is 0 Å². The van der Waals surface area contributed by atoms with Crippen LogP contribution in [0.1, 0.15) is 36.0 Å². The summed E-state index contributed by atoms with van der Waals surface area (Å²) in [6.45, 7) is 0. The lowest BCUT2D eigenvalue weighted by Gasteiger charge is -2.14. The molecule has 1 saturated carbocycles. The highest BCUT2D eigenvalue weighted by Crippen LogP contribution is 2.29. The quantitative estimate of drug-likeness (QED) is 0.886. The Morgan fingerprint density at radius 2 is 1.76 bits per heavy atom. The summed E-state index contributed by atoms with van der Waals surface area (Å²) in [5.74, 6) is -3.76. The number of aromatic carboxylic acids is 1. The first-order valence-electron chi connectivity index (χ1n) is 5.47. The number of benzene rings is 1. The average Bonchev–Trinajstić information content (AvgIpc) is 2.75. The van der Waals surface area contributed by atoms with Crippen LogP contribution in [0.25, 0.3) is 0 Å². The molecule has 0 bridgehead atoms. The smallest absolute Gasteiger partial charge is 0.335 e. The van der Waals surface area contributed by atoms with Crippen LogP contribution in [-0.2, 0) is 0 Å². The normalized spacial score (nSPS) is 16.1. The van der Waals surface area contributed by atoms with Crippen molar-refractivity contribution in [3.8, 4) is 5.75 Å². The Balaban J connectivity index is 2.24. The molecular weight excluding hydrogens is 230 g/mol. The maximum Gasteiger partial charge on any atom is 0.335 e. The summed E-state index contributed by atoms with van der Waals surface area (Å²) in [5.41, 5.74) is -0.418. The van der Waals surface area contributed by atoms with Crippen LogP contribution in [0.5, 0.6) is 5.75 Å². The fraction of sp³-hybridized carbons (Fsp3) is 0.417. The molecule has 0 aromatic heterocycles. The van der Waals surface area contributed by atoms with E-state index in [0.717, 1.165) is 37.8 Å². The molecule has 92 valence electrons. The van der Waals surface area contributed by atoms with Gasteiger partial charge in [0.05, 0.1) is 11.7 Å². The van der Waals surface area contributed by atoms with Crippen molar-refractivity contribution in [1.29, 1.82) is 0 Å². The molecule has 0 unspecified atom stereocenters. The molecule has 5 heteroatoms. The van der Waals surface area contributed by atoms with Gasteiger partial charge in [-0.3, -0.25) is 0 Å². The van der Waals surface area contributed by atoms with Crippen LogP contribution >= 0.6 is 0 Å². The summed E-state index contributed by atoms with van der Waals surface area (Å²) in [7, 11) is 0. The number of halogens is 2. The molecule has 0 atom stereocenters. The van der Waals surface area contributed by atoms with Crippen molar-refractivity contribution in [3.63, 3.8) is 0 Å². The first-order valence-corrected chi connectivity index (χ1v) is 5.47. The fourth-order valence-corrected chi connectivity index (χ4v) is 1.97. The van der Waals surface area contributed by atoms with Crippen molar-refractivity contribution < 1.29 is 23.4 Å². The molecule has 0 saturated heterocycles. The SMILES string of the molecule is O=C(O)c1cc(F)c(OC2CCCC2)c(F)c1. The van der Waals surface area contributed by atoms with Crippen LogP contribution in [0.2, 0.25) is 0 Å². The average molecular weight is 242 g/mol. The van der Waals surface area contributed by atoms with E-state index in [0.29, 0.717) is 0 Å². The van der Waals surface area contributed by atoms with Gasteiger partial charge in [0.25, 0.3) is 0 Å². The summed E-state index contributed by atoms with van der Waals surface area (Å²) in [6, 6.07) is 1.55. The molecule has 0 aliphatic heterocycles. The first kappa shape index (κ1) is 11.8. The lowest BCUT2D eigenvalue weighted by atomic mass is 10.2. The molecule has 1 aliphatic carbocycles. The van der Waals surface area contributed by atoms with Crippen molar-refractivity contribution >= 4 is 5.97 Å². The maximum absolute atomic E-state index is 13.5. The minimum Gasteiger partial charge on any atom is -0.484 e. The van der Waals surface area contributed by atoms with Gasteiger partial charge in [0, 0.05) is 0 Å². The molecule has 0 spiro atoms.